The summed E-state index contributed by atoms with van der Waals surface area (Å²) in [6.45, 7) is 8.18. The Balaban J connectivity index is 2.03. The number of carbonyl (C=O) groups excluding carboxylic acids is 2. The molecule has 5 nitrogen and oxygen atoms in total. The van der Waals surface area contributed by atoms with Gasteiger partial charge in [-0.25, -0.2) is 0 Å². The van der Waals surface area contributed by atoms with Gasteiger partial charge in [0.2, 0.25) is 11.8 Å². The highest BCUT2D eigenvalue weighted by molar-refractivity contribution is 5.97. The molecule has 2 aliphatic heterocycles. The molecule has 2 aliphatic rings. The van der Waals surface area contributed by atoms with Crippen molar-refractivity contribution in [3.63, 3.8) is 0 Å². The van der Waals surface area contributed by atoms with Crippen molar-refractivity contribution in [2.45, 2.75) is 52.1 Å². The summed E-state index contributed by atoms with van der Waals surface area (Å²) in [5.74, 6) is 0.725. The molecule has 0 spiro atoms. The first-order valence-corrected chi connectivity index (χ1v) is 7.73. The first-order chi connectivity index (χ1) is 9.54. The second-order valence-corrected chi connectivity index (χ2v) is 6.20. The number of ether oxygens (including phenoxy) is 1. The maximum Gasteiger partial charge on any atom is 0.246 e. The van der Waals surface area contributed by atoms with Crippen molar-refractivity contribution in [3.8, 4) is 0 Å². The van der Waals surface area contributed by atoms with Crippen molar-refractivity contribution in [2.75, 3.05) is 19.8 Å². The number of hydrogen-bond acceptors (Lipinski definition) is 3. The fourth-order valence-electron chi connectivity index (χ4n) is 3.04. The van der Waals surface area contributed by atoms with E-state index in [-0.39, 0.29) is 29.8 Å². The Morgan fingerprint density at radius 2 is 2.15 bits per heavy atom. The molecule has 0 aromatic rings. The highest BCUT2D eigenvalue weighted by atomic mass is 16.5. The number of amides is 2. The Kier molecular flexibility index (Phi) is 5.02. The molecule has 0 aliphatic carbocycles. The summed E-state index contributed by atoms with van der Waals surface area (Å²) in [5, 5.41) is 2.87. The van der Waals surface area contributed by atoms with Crippen LogP contribution in [0.3, 0.4) is 0 Å². The molecule has 20 heavy (non-hydrogen) atoms. The molecular weight excluding hydrogens is 256 g/mol. The van der Waals surface area contributed by atoms with E-state index in [1.54, 1.807) is 4.90 Å². The molecular formula is C15H26N2O3. The lowest BCUT2D eigenvalue weighted by molar-refractivity contribution is -0.151. The van der Waals surface area contributed by atoms with Crippen LogP contribution in [-0.2, 0) is 14.3 Å². The fourth-order valence-corrected chi connectivity index (χ4v) is 3.04. The average Bonchev–Trinajstić information content (AvgIpc) is 2.91. The van der Waals surface area contributed by atoms with Crippen molar-refractivity contribution >= 4 is 11.8 Å². The van der Waals surface area contributed by atoms with Gasteiger partial charge in [0.1, 0.15) is 12.1 Å². The predicted molar refractivity (Wildman–Crippen MR) is 76.1 cm³/mol. The van der Waals surface area contributed by atoms with Gasteiger partial charge in [-0.3, -0.25) is 9.59 Å². The number of piperazine rings is 1. The minimum atomic E-state index is -0.370. The summed E-state index contributed by atoms with van der Waals surface area (Å²) >= 11 is 0. The molecule has 2 amide bonds. The van der Waals surface area contributed by atoms with Gasteiger partial charge in [0.25, 0.3) is 0 Å². The van der Waals surface area contributed by atoms with E-state index in [2.05, 4.69) is 5.32 Å². The normalized spacial score (nSPS) is 31.0. The van der Waals surface area contributed by atoms with E-state index in [4.69, 9.17) is 4.74 Å². The molecule has 5 heteroatoms. The molecule has 0 bridgehead atoms. The summed E-state index contributed by atoms with van der Waals surface area (Å²) in [5.41, 5.74) is 0. The van der Waals surface area contributed by atoms with Crippen molar-refractivity contribution < 1.29 is 14.3 Å². The van der Waals surface area contributed by atoms with Gasteiger partial charge in [0.15, 0.2) is 0 Å². The topological polar surface area (TPSA) is 58.6 Å². The molecule has 0 radical (unpaired) electrons. The van der Waals surface area contributed by atoms with Crippen molar-refractivity contribution in [1.29, 1.82) is 0 Å². The zero-order valence-electron chi connectivity index (χ0n) is 12.7. The lowest BCUT2D eigenvalue weighted by Gasteiger charge is -2.40. The Bertz CT molecular complexity index is 364. The van der Waals surface area contributed by atoms with Crippen LogP contribution in [0.15, 0.2) is 0 Å². The molecule has 0 aromatic carbocycles. The van der Waals surface area contributed by atoms with E-state index < -0.39 is 0 Å². The number of rotatable bonds is 5. The van der Waals surface area contributed by atoms with Gasteiger partial charge in [0, 0.05) is 19.8 Å². The van der Waals surface area contributed by atoms with E-state index in [1.165, 1.54) is 0 Å². The molecule has 2 fully saturated rings. The quantitative estimate of drug-likeness (QED) is 0.823. The SMILES string of the molecule is CCC1C(=O)NC(C(C)C)C(=O)N1CCC1CCOC1. The van der Waals surface area contributed by atoms with Crippen molar-refractivity contribution in [2.24, 2.45) is 11.8 Å². The average molecular weight is 282 g/mol. The number of nitrogens with one attached hydrogen (secondary N) is 1. The summed E-state index contributed by atoms with van der Waals surface area (Å²) in [6.07, 6.45) is 2.67. The van der Waals surface area contributed by atoms with Gasteiger partial charge in [-0.2, -0.15) is 0 Å². The van der Waals surface area contributed by atoms with Crippen LogP contribution in [0.4, 0.5) is 0 Å². The molecule has 3 atom stereocenters. The minimum absolute atomic E-state index is 0.00604. The Morgan fingerprint density at radius 3 is 2.70 bits per heavy atom. The Labute approximate surface area is 121 Å². The molecule has 2 saturated heterocycles. The number of carbonyl (C=O) groups is 2. The molecule has 0 aromatic heterocycles. The van der Waals surface area contributed by atoms with Crippen molar-refractivity contribution in [1.82, 2.24) is 10.2 Å². The highest BCUT2D eigenvalue weighted by Crippen LogP contribution is 2.21. The molecule has 114 valence electrons. The maximum atomic E-state index is 12.6. The third kappa shape index (κ3) is 3.14. The summed E-state index contributed by atoms with van der Waals surface area (Å²) in [4.78, 5) is 26.5. The van der Waals surface area contributed by atoms with E-state index in [1.807, 2.05) is 20.8 Å². The third-order valence-corrected chi connectivity index (χ3v) is 4.38. The Hall–Kier alpha value is -1.10. The van der Waals surface area contributed by atoms with Gasteiger partial charge in [0.05, 0.1) is 0 Å². The van der Waals surface area contributed by atoms with E-state index in [0.29, 0.717) is 18.9 Å². The second-order valence-electron chi connectivity index (χ2n) is 6.20. The van der Waals surface area contributed by atoms with Gasteiger partial charge < -0.3 is 15.0 Å². The molecule has 0 saturated carbocycles. The summed E-state index contributed by atoms with van der Waals surface area (Å²) in [6, 6.07) is -0.676. The monoisotopic (exact) mass is 282 g/mol. The number of hydrogen-bond donors (Lipinski definition) is 1. The van der Waals surface area contributed by atoms with Crippen LogP contribution in [0.1, 0.15) is 40.0 Å². The molecule has 3 unspecified atom stereocenters. The van der Waals surface area contributed by atoms with Crippen molar-refractivity contribution in [3.05, 3.63) is 0 Å². The Morgan fingerprint density at radius 1 is 1.40 bits per heavy atom. The third-order valence-electron chi connectivity index (χ3n) is 4.38. The minimum Gasteiger partial charge on any atom is -0.381 e. The van der Waals surface area contributed by atoms with Crippen LogP contribution in [0.25, 0.3) is 0 Å². The standard InChI is InChI=1S/C15H26N2O3/c1-4-12-14(18)16-13(10(2)3)15(19)17(12)7-5-11-6-8-20-9-11/h10-13H,4-9H2,1-3H3,(H,16,18). The molecule has 2 rings (SSSR count). The number of nitrogens with zero attached hydrogens (tertiary/aromatic N) is 1. The van der Waals surface area contributed by atoms with Crippen LogP contribution >= 0.6 is 0 Å². The highest BCUT2D eigenvalue weighted by Gasteiger charge is 2.40. The maximum absolute atomic E-state index is 12.6. The van der Waals surface area contributed by atoms with Crippen LogP contribution < -0.4 is 5.32 Å². The largest absolute Gasteiger partial charge is 0.381 e. The zero-order chi connectivity index (χ0) is 14.7. The smallest absolute Gasteiger partial charge is 0.246 e. The van der Waals surface area contributed by atoms with Gasteiger partial charge >= 0.3 is 0 Å². The fraction of sp³-hybridized carbons (Fsp3) is 0.867. The first-order valence-electron chi connectivity index (χ1n) is 7.73. The summed E-state index contributed by atoms with van der Waals surface area (Å²) < 4.78 is 5.37. The van der Waals surface area contributed by atoms with Crippen LogP contribution in [-0.4, -0.2) is 48.6 Å². The van der Waals surface area contributed by atoms with Crippen LogP contribution in [0.2, 0.25) is 0 Å². The van der Waals surface area contributed by atoms with E-state index >= 15 is 0 Å². The predicted octanol–water partition coefficient (Wildman–Crippen LogP) is 1.17. The van der Waals surface area contributed by atoms with Gasteiger partial charge in [-0.15, -0.1) is 0 Å². The second kappa shape index (κ2) is 6.57. The van der Waals surface area contributed by atoms with Gasteiger partial charge in [-0.1, -0.05) is 20.8 Å². The molecule has 1 N–H and O–H groups in total. The van der Waals surface area contributed by atoms with Crippen LogP contribution in [0.5, 0.6) is 0 Å². The van der Waals surface area contributed by atoms with E-state index in [9.17, 15) is 9.59 Å². The van der Waals surface area contributed by atoms with Gasteiger partial charge in [-0.05, 0) is 31.1 Å². The summed E-state index contributed by atoms with van der Waals surface area (Å²) in [7, 11) is 0. The van der Waals surface area contributed by atoms with Crippen LogP contribution in [0, 0.1) is 11.8 Å². The lowest BCUT2D eigenvalue weighted by atomic mass is 9.95. The zero-order valence-corrected chi connectivity index (χ0v) is 12.7. The van der Waals surface area contributed by atoms with E-state index in [0.717, 1.165) is 26.1 Å². The molecule has 2 heterocycles. The lowest BCUT2D eigenvalue weighted by Crippen LogP contribution is -2.64. The first kappa shape index (κ1) is 15.3.